The lowest BCUT2D eigenvalue weighted by molar-refractivity contribution is -0.138. The third kappa shape index (κ3) is 5.61. The van der Waals surface area contributed by atoms with Crippen molar-refractivity contribution in [1.82, 2.24) is 10.2 Å². The Morgan fingerprint density at radius 1 is 1.21 bits per heavy atom. The van der Waals surface area contributed by atoms with Gasteiger partial charge in [0, 0.05) is 19.4 Å². The maximum atomic E-state index is 12.5. The average molecular weight is 392 g/mol. The minimum atomic E-state index is -0.951. The number of hydrogen-bond acceptors (Lipinski definition) is 5. The number of hydrogen-bond donors (Lipinski definition) is 2. The molecule has 1 aromatic rings. The average Bonchev–Trinajstić information content (AvgIpc) is 2.87. The molecule has 0 radical (unpaired) electrons. The molecule has 1 aliphatic rings. The number of amides is 2. The number of nitrogens with zero attached hydrogens (tertiary/aromatic N) is 1. The van der Waals surface area contributed by atoms with Crippen LogP contribution >= 0.6 is 0 Å². The Bertz CT molecular complexity index is 671. The predicted molar refractivity (Wildman–Crippen MR) is 106 cm³/mol. The van der Waals surface area contributed by atoms with E-state index < -0.39 is 36.0 Å². The fourth-order valence-electron chi connectivity index (χ4n) is 3.44. The van der Waals surface area contributed by atoms with Gasteiger partial charge in [0.2, 0.25) is 5.91 Å². The standard InChI is InChI=1S/C21H32N2O5/c1-13(2)19(25)23(6)17-15(22-20(26)28-21(3,4)5)12-16(18(17)24)27-14-10-8-7-9-11-14/h7-11,13,15-18,24H,12H2,1-6H3,(H,22,26)/t15-,16-,17+,18+/m1/s1. The third-order valence-corrected chi connectivity index (χ3v) is 4.65. The smallest absolute Gasteiger partial charge is 0.407 e. The van der Waals surface area contributed by atoms with Gasteiger partial charge in [-0.25, -0.2) is 4.79 Å². The number of nitrogens with one attached hydrogen (secondary N) is 1. The first-order chi connectivity index (χ1) is 13.0. The molecule has 0 aliphatic heterocycles. The summed E-state index contributed by atoms with van der Waals surface area (Å²) < 4.78 is 11.3. The number of aliphatic hydroxyl groups is 1. The van der Waals surface area contributed by atoms with Crippen molar-refractivity contribution in [3.8, 4) is 5.75 Å². The summed E-state index contributed by atoms with van der Waals surface area (Å²) >= 11 is 0. The molecule has 1 aliphatic carbocycles. The summed E-state index contributed by atoms with van der Waals surface area (Å²) in [4.78, 5) is 26.3. The zero-order valence-electron chi connectivity index (χ0n) is 17.5. The predicted octanol–water partition coefficient (Wildman–Crippen LogP) is 2.57. The molecule has 0 heterocycles. The molecule has 1 fully saturated rings. The highest BCUT2D eigenvalue weighted by Gasteiger charge is 2.48. The molecule has 0 saturated heterocycles. The van der Waals surface area contributed by atoms with Gasteiger partial charge in [0.25, 0.3) is 0 Å². The van der Waals surface area contributed by atoms with Crippen LogP contribution in [-0.4, -0.2) is 58.9 Å². The van der Waals surface area contributed by atoms with E-state index in [1.807, 2.05) is 18.2 Å². The number of rotatable bonds is 5. The number of likely N-dealkylation sites (N-methyl/N-ethyl adjacent to an activating group) is 1. The molecule has 1 aromatic carbocycles. The second-order valence-corrected chi connectivity index (χ2v) is 8.54. The van der Waals surface area contributed by atoms with Gasteiger partial charge in [0.1, 0.15) is 23.6 Å². The monoisotopic (exact) mass is 392 g/mol. The Morgan fingerprint density at radius 3 is 2.36 bits per heavy atom. The molecule has 7 nitrogen and oxygen atoms in total. The molecule has 2 N–H and O–H groups in total. The first-order valence-electron chi connectivity index (χ1n) is 9.65. The third-order valence-electron chi connectivity index (χ3n) is 4.65. The van der Waals surface area contributed by atoms with Gasteiger partial charge in [0.15, 0.2) is 0 Å². The Morgan fingerprint density at radius 2 is 1.82 bits per heavy atom. The van der Waals surface area contributed by atoms with Gasteiger partial charge in [-0.3, -0.25) is 4.79 Å². The number of carbonyl (C=O) groups is 2. The van der Waals surface area contributed by atoms with Crippen molar-refractivity contribution in [3.05, 3.63) is 30.3 Å². The highest BCUT2D eigenvalue weighted by atomic mass is 16.6. The second-order valence-electron chi connectivity index (χ2n) is 8.54. The van der Waals surface area contributed by atoms with E-state index in [4.69, 9.17) is 9.47 Å². The Labute approximate surface area is 167 Å². The van der Waals surface area contributed by atoms with Gasteiger partial charge in [0.05, 0.1) is 12.1 Å². The number of para-hydroxylation sites is 1. The van der Waals surface area contributed by atoms with Crippen molar-refractivity contribution < 1.29 is 24.2 Å². The quantitative estimate of drug-likeness (QED) is 0.804. The van der Waals surface area contributed by atoms with Crippen LogP contribution in [0.3, 0.4) is 0 Å². The number of aliphatic hydroxyl groups excluding tert-OH is 1. The van der Waals surface area contributed by atoms with E-state index in [0.29, 0.717) is 12.2 Å². The summed E-state index contributed by atoms with van der Waals surface area (Å²) in [5.41, 5.74) is -0.642. The van der Waals surface area contributed by atoms with Gasteiger partial charge in [-0.1, -0.05) is 32.0 Å². The van der Waals surface area contributed by atoms with E-state index in [1.165, 1.54) is 4.90 Å². The minimum Gasteiger partial charge on any atom is -0.488 e. The van der Waals surface area contributed by atoms with Crippen LogP contribution in [0, 0.1) is 5.92 Å². The van der Waals surface area contributed by atoms with Crippen molar-refractivity contribution in [2.24, 2.45) is 5.92 Å². The van der Waals surface area contributed by atoms with E-state index in [0.717, 1.165) is 0 Å². The van der Waals surface area contributed by atoms with Crippen molar-refractivity contribution >= 4 is 12.0 Å². The van der Waals surface area contributed by atoms with Crippen LogP contribution in [0.1, 0.15) is 41.0 Å². The summed E-state index contributed by atoms with van der Waals surface area (Å²) in [6.07, 6.45) is -1.74. The highest BCUT2D eigenvalue weighted by Crippen LogP contribution is 2.30. The maximum Gasteiger partial charge on any atom is 0.407 e. The zero-order valence-corrected chi connectivity index (χ0v) is 17.5. The van der Waals surface area contributed by atoms with E-state index in [1.54, 1.807) is 53.8 Å². The molecule has 2 amide bonds. The van der Waals surface area contributed by atoms with Crippen molar-refractivity contribution in [3.63, 3.8) is 0 Å². The van der Waals surface area contributed by atoms with Crippen molar-refractivity contribution in [2.75, 3.05) is 7.05 Å². The van der Waals surface area contributed by atoms with Gasteiger partial charge >= 0.3 is 6.09 Å². The first kappa shape index (κ1) is 22.0. The summed E-state index contributed by atoms with van der Waals surface area (Å²) in [7, 11) is 1.64. The van der Waals surface area contributed by atoms with Gasteiger partial charge < -0.3 is 24.8 Å². The number of alkyl carbamates (subject to hydrolysis) is 1. The fraction of sp³-hybridized carbons (Fsp3) is 0.619. The van der Waals surface area contributed by atoms with Crippen LogP contribution in [0.25, 0.3) is 0 Å². The zero-order chi connectivity index (χ0) is 21.1. The van der Waals surface area contributed by atoms with Crippen LogP contribution in [0.4, 0.5) is 4.79 Å². The number of ether oxygens (including phenoxy) is 2. The topological polar surface area (TPSA) is 88.1 Å². The van der Waals surface area contributed by atoms with Crippen LogP contribution < -0.4 is 10.1 Å². The summed E-state index contributed by atoms with van der Waals surface area (Å²) in [6.45, 7) is 8.94. The number of benzene rings is 1. The Balaban J connectivity index is 2.20. The molecule has 1 saturated carbocycles. The SMILES string of the molecule is CC(C)C(=O)N(C)[C@@H]1[C@@H](O)[C@H](Oc2ccccc2)C[C@H]1NC(=O)OC(C)(C)C. The fourth-order valence-corrected chi connectivity index (χ4v) is 3.44. The highest BCUT2D eigenvalue weighted by molar-refractivity contribution is 5.78. The molecule has 156 valence electrons. The van der Waals surface area contributed by atoms with E-state index in [-0.39, 0.29) is 11.8 Å². The van der Waals surface area contributed by atoms with Gasteiger partial charge in [-0.2, -0.15) is 0 Å². The molecule has 0 spiro atoms. The van der Waals surface area contributed by atoms with Gasteiger partial charge in [-0.05, 0) is 32.9 Å². The lowest BCUT2D eigenvalue weighted by atomic mass is 10.1. The summed E-state index contributed by atoms with van der Waals surface area (Å²) in [5.74, 6) is 0.287. The number of carbonyl (C=O) groups excluding carboxylic acids is 2. The molecule has 4 atom stereocenters. The Hall–Kier alpha value is -2.28. The van der Waals surface area contributed by atoms with Crippen LogP contribution in [0.2, 0.25) is 0 Å². The van der Waals surface area contributed by atoms with Crippen molar-refractivity contribution in [2.45, 2.75) is 70.9 Å². The molecule has 0 aromatic heterocycles. The summed E-state index contributed by atoms with van der Waals surface area (Å²) in [6, 6.07) is 8.07. The van der Waals surface area contributed by atoms with E-state index in [9.17, 15) is 14.7 Å². The maximum absolute atomic E-state index is 12.5. The molecule has 2 rings (SSSR count). The molecule has 0 unspecified atom stereocenters. The molecule has 28 heavy (non-hydrogen) atoms. The summed E-state index contributed by atoms with van der Waals surface area (Å²) in [5, 5.41) is 13.7. The minimum absolute atomic E-state index is 0.111. The van der Waals surface area contributed by atoms with Gasteiger partial charge in [-0.15, -0.1) is 0 Å². The van der Waals surface area contributed by atoms with Crippen molar-refractivity contribution in [1.29, 1.82) is 0 Å². The normalized spacial score (nSPS) is 24.7. The van der Waals surface area contributed by atoms with E-state index in [2.05, 4.69) is 5.32 Å². The van der Waals surface area contributed by atoms with Crippen LogP contribution in [0.5, 0.6) is 5.75 Å². The largest absolute Gasteiger partial charge is 0.488 e. The lowest BCUT2D eigenvalue weighted by Crippen LogP contribution is -2.55. The van der Waals surface area contributed by atoms with Crippen LogP contribution in [0.15, 0.2) is 30.3 Å². The van der Waals surface area contributed by atoms with Crippen LogP contribution in [-0.2, 0) is 9.53 Å². The molecule has 7 heteroatoms. The Kier molecular flexibility index (Phi) is 6.93. The molecular formula is C21H32N2O5. The second kappa shape index (κ2) is 8.82. The lowest BCUT2D eigenvalue weighted by Gasteiger charge is -2.33. The molecular weight excluding hydrogens is 360 g/mol. The first-order valence-corrected chi connectivity index (χ1v) is 9.65. The molecule has 0 bridgehead atoms. The van der Waals surface area contributed by atoms with E-state index >= 15 is 0 Å².